The second kappa shape index (κ2) is 5.25. The number of halogens is 1. The van der Waals surface area contributed by atoms with E-state index in [4.69, 9.17) is 16.1 Å². The van der Waals surface area contributed by atoms with Crippen LogP contribution >= 0.6 is 11.6 Å². The summed E-state index contributed by atoms with van der Waals surface area (Å²) in [7, 11) is 1.58. The van der Waals surface area contributed by atoms with Gasteiger partial charge in [-0.05, 0) is 30.0 Å². The molecule has 6 heteroatoms. The second-order valence-corrected chi connectivity index (χ2v) is 5.34. The Kier molecular flexibility index (Phi) is 3.44. The van der Waals surface area contributed by atoms with E-state index >= 15 is 0 Å². The van der Waals surface area contributed by atoms with Crippen molar-refractivity contribution in [2.24, 2.45) is 0 Å². The van der Waals surface area contributed by atoms with Gasteiger partial charge in [0, 0.05) is 18.0 Å². The molecule has 20 heavy (non-hydrogen) atoms. The Morgan fingerprint density at radius 1 is 1.50 bits per heavy atom. The van der Waals surface area contributed by atoms with Gasteiger partial charge in [0.05, 0.1) is 6.42 Å². The molecule has 1 aliphatic carbocycles. The molecule has 1 aliphatic rings. The van der Waals surface area contributed by atoms with Gasteiger partial charge < -0.3 is 9.84 Å². The van der Waals surface area contributed by atoms with Crippen molar-refractivity contribution in [3.8, 4) is 0 Å². The van der Waals surface area contributed by atoms with Crippen LogP contribution in [0.5, 0.6) is 0 Å². The number of carbonyl (C=O) groups excluding carboxylic acids is 1. The standard InChI is InChI=1S/C14H14ClN3O2/c1-16-13(19)7-12-17-14(20-18-12)11-6-10(11)8-3-2-4-9(15)5-8/h2-5,10-11H,6-7H2,1H3,(H,16,19). The van der Waals surface area contributed by atoms with Gasteiger partial charge in [0.25, 0.3) is 0 Å². The summed E-state index contributed by atoms with van der Waals surface area (Å²) in [5.41, 5.74) is 1.19. The molecule has 1 fully saturated rings. The van der Waals surface area contributed by atoms with Crippen molar-refractivity contribution in [3.63, 3.8) is 0 Å². The van der Waals surface area contributed by atoms with E-state index in [9.17, 15) is 4.79 Å². The average Bonchev–Trinajstić information content (AvgIpc) is 3.12. The van der Waals surface area contributed by atoms with Crippen LogP contribution in [0.25, 0.3) is 0 Å². The number of nitrogens with one attached hydrogen (secondary N) is 1. The molecule has 0 saturated heterocycles. The summed E-state index contributed by atoms with van der Waals surface area (Å²) in [6.45, 7) is 0. The molecule has 1 aromatic carbocycles. The molecule has 1 N–H and O–H groups in total. The van der Waals surface area contributed by atoms with Crippen LogP contribution in [0.15, 0.2) is 28.8 Å². The molecule has 104 valence electrons. The van der Waals surface area contributed by atoms with E-state index in [2.05, 4.69) is 21.5 Å². The first-order valence-corrected chi connectivity index (χ1v) is 6.83. The highest BCUT2D eigenvalue weighted by atomic mass is 35.5. The lowest BCUT2D eigenvalue weighted by Gasteiger charge is -1.98. The fraction of sp³-hybridized carbons (Fsp3) is 0.357. The first-order valence-electron chi connectivity index (χ1n) is 6.46. The third kappa shape index (κ3) is 2.67. The lowest BCUT2D eigenvalue weighted by molar-refractivity contribution is -0.120. The summed E-state index contributed by atoms with van der Waals surface area (Å²) < 4.78 is 5.24. The van der Waals surface area contributed by atoms with Crippen LogP contribution in [0.4, 0.5) is 0 Å². The maximum absolute atomic E-state index is 11.3. The van der Waals surface area contributed by atoms with Crippen LogP contribution in [0, 0.1) is 0 Å². The van der Waals surface area contributed by atoms with Crippen molar-refractivity contribution in [3.05, 3.63) is 46.6 Å². The van der Waals surface area contributed by atoms with Crippen molar-refractivity contribution >= 4 is 17.5 Å². The maximum atomic E-state index is 11.3. The normalized spacial score (nSPS) is 20.7. The molecule has 1 heterocycles. The van der Waals surface area contributed by atoms with Crippen LogP contribution < -0.4 is 5.32 Å². The lowest BCUT2D eigenvalue weighted by Crippen LogP contribution is -2.20. The first-order chi connectivity index (χ1) is 9.67. The molecule has 0 spiro atoms. The minimum absolute atomic E-state index is 0.125. The molecule has 3 rings (SSSR count). The van der Waals surface area contributed by atoms with Crippen LogP contribution in [-0.2, 0) is 11.2 Å². The van der Waals surface area contributed by atoms with Gasteiger partial charge in [-0.25, -0.2) is 0 Å². The molecule has 1 aromatic heterocycles. The maximum Gasteiger partial charge on any atom is 0.230 e. The number of benzene rings is 1. The number of nitrogens with zero attached hydrogens (tertiary/aromatic N) is 2. The van der Waals surface area contributed by atoms with Gasteiger partial charge in [-0.15, -0.1) is 0 Å². The summed E-state index contributed by atoms with van der Waals surface area (Å²) >= 11 is 5.99. The molecule has 0 bridgehead atoms. The molecule has 2 atom stereocenters. The fourth-order valence-electron chi connectivity index (χ4n) is 2.30. The molecule has 2 aromatic rings. The number of likely N-dealkylation sites (N-methyl/N-ethyl adjacent to an activating group) is 1. The Balaban J connectivity index is 1.69. The van der Waals surface area contributed by atoms with Crippen molar-refractivity contribution in [2.75, 3.05) is 7.05 Å². The van der Waals surface area contributed by atoms with Gasteiger partial charge in [-0.2, -0.15) is 4.98 Å². The third-order valence-electron chi connectivity index (χ3n) is 3.47. The topological polar surface area (TPSA) is 68.0 Å². The minimum atomic E-state index is -0.125. The van der Waals surface area contributed by atoms with E-state index in [1.54, 1.807) is 7.05 Å². The zero-order valence-corrected chi connectivity index (χ0v) is 11.7. The SMILES string of the molecule is CNC(=O)Cc1noc(C2CC2c2cccc(Cl)c2)n1. The van der Waals surface area contributed by atoms with Crippen LogP contribution in [0.3, 0.4) is 0 Å². The van der Waals surface area contributed by atoms with Crippen molar-refractivity contribution in [1.29, 1.82) is 0 Å². The zero-order valence-electron chi connectivity index (χ0n) is 11.0. The smallest absolute Gasteiger partial charge is 0.230 e. The van der Waals surface area contributed by atoms with Gasteiger partial charge in [0.1, 0.15) is 0 Å². The Bertz CT molecular complexity index is 641. The largest absolute Gasteiger partial charge is 0.359 e. The second-order valence-electron chi connectivity index (χ2n) is 4.90. The van der Waals surface area contributed by atoms with E-state index in [0.717, 1.165) is 11.4 Å². The van der Waals surface area contributed by atoms with Crippen molar-refractivity contribution < 1.29 is 9.32 Å². The van der Waals surface area contributed by atoms with E-state index in [1.165, 1.54) is 5.56 Å². The Morgan fingerprint density at radius 2 is 2.35 bits per heavy atom. The summed E-state index contributed by atoms with van der Waals surface area (Å²) in [4.78, 5) is 15.5. The number of rotatable bonds is 4. The third-order valence-corrected chi connectivity index (χ3v) is 3.70. The van der Waals surface area contributed by atoms with Crippen LogP contribution in [-0.4, -0.2) is 23.1 Å². The van der Waals surface area contributed by atoms with E-state index in [0.29, 0.717) is 17.6 Å². The number of aromatic nitrogens is 2. The number of hydrogen-bond donors (Lipinski definition) is 1. The predicted molar refractivity (Wildman–Crippen MR) is 73.6 cm³/mol. The molecule has 2 unspecified atom stereocenters. The van der Waals surface area contributed by atoms with E-state index in [-0.39, 0.29) is 18.2 Å². The molecular weight excluding hydrogens is 278 g/mol. The lowest BCUT2D eigenvalue weighted by atomic mass is 10.1. The minimum Gasteiger partial charge on any atom is -0.359 e. The number of carbonyl (C=O) groups is 1. The number of amides is 1. The monoisotopic (exact) mass is 291 g/mol. The Labute approximate surface area is 121 Å². The summed E-state index contributed by atoms with van der Waals surface area (Å²) in [6.07, 6.45) is 1.12. The zero-order chi connectivity index (χ0) is 14.1. The molecule has 1 amide bonds. The summed E-state index contributed by atoms with van der Waals surface area (Å²) in [6, 6.07) is 7.82. The molecule has 1 saturated carbocycles. The van der Waals surface area contributed by atoms with Gasteiger partial charge in [-0.1, -0.05) is 28.9 Å². The molecule has 0 radical (unpaired) electrons. The molecule has 0 aliphatic heterocycles. The van der Waals surface area contributed by atoms with E-state index < -0.39 is 0 Å². The van der Waals surface area contributed by atoms with Gasteiger partial charge >= 0.3 is 0 Å². The van der Waals surface area contributed by atoms with Gasteiger partial charge in [0.15, 0.2) is 5.82 Å². The van der Waals surface area contributed by atoms with Crippen LogP contribution in [0.2, 0.25) is 5.02 Å². The Morgan fingerprint density at radius 3 is 3.10 bits per heavy atom. The van der Waals surface area contributed by atoms with Gasteiger partial charge in [-0.3, -0.25) is 4.79 Å². The summed E-state index contributed by atoms with van der Waals surface area (Å²) in [5, 5.41) is 7.11. The van der Waals surface area contributed by atoms with Crippen molar-refractivity contribution in [1.82, 2.24) is 15.5 Å². The number of hydrogen-bond acceptors (Lipinski definition) is 4. The molecule has 5 nitrogen and oxygen atoms in total. The molecular formula is C14H14ClN3O2. The fourth-order valence-corrected chi connectivity index (χ4v) is 2.49. The highest BCUT2D eigenvalue weighted by molar-refractivity contribution is 6.30. The summed E-state index contributed by atoms with van der Waals surface area (Å²) in [5.74, 6) is 1.52. The predicted octanol–water partition coefficient (Wildman–Crippen LogP) is 2.28. The highest BCUT2D eigenvalue weighted by Gasteiger charge is 2.43. The van der Waals surface area contributed by atoms with Gasteiger partial charge in [0.2, 0.25) is 11.8 Å². The Hall–Kier alpha value is -1.88. The highest BCUT2D eigenvalue weighted by Crippen LogP contribution is 2.54. The van der Waals surface area contributed by atoms with Crippen LogP contribution in [0.1, 0.15) is 35.5 Å². The first kappa shape index (κ1) is 13.1. The van der Waals surface area contributed by atoms with E-state index in [1.807, 2.05) is 18.2 Å². The van der Waals surface area contributed by atoms with Crippen molar-refractivity contribution in [2.45, 2.75) is 24.7 Å². The quantitative estimate of drug-likeness (QED) is 0.938. The average molecular weight is 292 g/mol.